The fourth-order valence-corrected chi connectivity index (χ4v) is 1.74. The Labute approximate surface area is 107 Å². The molecule has 0 aliphatic rings. The fourth-order valence-electron chi connectivity index (χ4n) is 1.74. The van der Waals surface area contributed by atoms with Crippen molar-refractivity contribution in [3.63, 3.8) is 0 Å². The molecule has 18 heavy (non-hydrogen) atoms. The third kappa shape index (κ3) is 2.27. The average Bonchev–Trinajstić information content (AvgIpc) is 2.66. The maximum atomic E-state index is 12.1. The standard InChI is InChI=1S/C14H17N3O/c1-9-6-5-7-12(11(9)3)15-14(18)13-8-10(2)17(4)16-13/h5-8H,1-4H3,(H,15,18). The number of nitrogens with one attached hydrogen (secondary N) is 1. The van der Waals surface area contributed by atoms with Crippen molar-refractivity contribution in [2.24, 2.45) is 7.05 Å². The molecular weight excluding hydrogens is 226 g/mol. The van der Waals surface area contributed by atoms with E-state index >= 15 is 0 Å². The summed E-state index contributed by atoms with van der Waals surface area (Å²) in [7, 11) is 1.82. The monoisotopic (exact) mass is 243 g/mol. The highest BCUT2D eigenvalue weighted by Gasteiger charge is 2.12. The van der Waals surface area contributed by atoms with Crippen LogP contribution in [0.3, 0.4) is 0 Å². The average molecular weight is 243 g/mol. The number of hydrogen-bond acceptors (Lipinski definition) is 2. The van der Waals surface area contributed by atoms with Gasteiger partial charge in [-0.1, -0.05) is 12.1 Å². The number of nitrogens with zero attached hydrogens (tertiary/aromatic N) is 2. The number of aromatic nitrogens is 2. The smallest absolute Gasteiger partial charge is 0.276 e. The lowest BCUT2D eigenvalue weighted by Crippen LogP contribution is -2.14. The minimum Gasteiger partial charge on any atom is -0.320 e. The fraction of sp³-hybridized carbons (Fsp3) is 0.286. The van der Waals surface area contributed by atoms with E-state index in [0.29, 0.717) is 5.69 Å². The molecule has 2 rings (SSSR count). The van der Waals surface area contributed by atoms with Crippen LogP contribution in [-0.2, 0) is 7.05 Å². The van der Waals surface area contributed by atoms with Crippen LogP contribution in [0.5, 0.6) is 0 Å². The van der Waals surface area contributed by atoms with Crippen molar-refractivity contribution in [1.29, 1.82) is 0 Å². The number of rotatable bonds is 2. The Kier molecular flexibility index (Phi) is 3.19. The van der Waals surface area contributed by atoms with E-state index in [9.17, 15) is 4.79 Å². The number of hydrogen-bond donors (Lipinski definition) is 1. The van der Waals surface area contributed by atoms with E-state index in [1.54, 1.807) is 10.7 Å². The van der Waals surface area contributed by atoms with Gasteiger partial charge in [0.1, 0.15) is 0 Å². The van der Waals surface area contributed by atoms with Crippen LogP contribution in [0.25, 0.3) is 0 Å². The number of carbonyl (C=O) groups excluding carboxylic acids is 1. The molecule has 4 heteroatoms. The second-order valence-corrected chi connectivity index (χ2v) is 4.50. The van der Waals surface area contributed by atoms with Crippen molar-refractivity contribution < 1.29 is 4.79 Å². The zero-order valence-electron chi connectivity index (χ0n) is 11.1. The van der Waals surface area contributed by atoms with Gasteiger partial charge in [-0.15, -0.1) is 0 Å². The first-order chi connectivity index (χ1) is 8.49. The largest absolute Gasteiger partial charge is 0.320 e. The highest BCUT2D eigenvalue weighted by atomic mass is 16.1. The van der Waals surface area contributed by atoms with Gasteiger partial charge in [0.2, 0.25) is 0 Å². The van der Waals surface area contributed by atoms with Crippen molar-refractivity contribution in [2.45, 2.75) is 20.8 Å². The third-order valence-electron chi connectivity index (χ3n) is 3.20. The van der Waals surface area contributed by atoms with Crippen LogP contribution in [0.4, 0.5) is 5.69 Å². The maximum Gasteiger partial charge on any atom is 0.276 e. The molecule has 2 aromatic rings. The van der Waals surface area contributed by atoms with Crippen LogP contribution >= 0.6 is 0 Å². The lowest BCUT2D eigenvalue weighted by Gasteiger charge is -2.08. The SMILES string of the molecule is Cc1cccc(NC(=O)c2cc(C)n(C)n2)c1C. The normalized spacial score (nSPS) is 10.4. The minimum atomic E-state index is -0.174. The number of amides is 1. The van der Waals surface area contributed by atoms with Gasteiger partial charge in [-0.25, -0.2) is 0 Å². The van der Waals surface area contributed by atoms with Crippen LogP contribution in [0, 0.1) is 20.8 Å². The predicted octanol–water partition coefficient (Wildman–Crippen LogP) is 2.60. The third-order valence-corrected chi connectivity index (χ3v) is 3.20. The van der Waals surface area contributed by atoms with Crippen LogP contribution in [-0.4, -0.2) is 15.7 Å². The summed E-state index contributed by atoms with van der Waals surface area (Å²) in [4.78, 5) is 12.1. The predicted molar refractivity (Wildman–Crippen MR) is 71.8 cm³/mol. The molecule has 0 saturated heterocycles. The van der Waals surface area contributed by atoms with Gasteiger partial charge in [0.15, 0.2) is 5.69 Å². The van der Waals surface area contributed by atoms with Crippen molar-refractivity contribution in [3.8, 4) is 0 Å². The van der Waals surface area contributed by atoms with Gasteiger partial charge in [-0.2, -0.15) is 5.10 Å². The molecule has 1 N–H and O–H groups in total. The Bertz CT molecular complexity index is 580. The van der Waals surface area contributed by atoms with Gasteiger partial charge >= 0.3 is 0 Å². The molecule has 0 aliphatic heterocycles. The summed E-state index contributed by atoms with van der Waals surface area (Å²) in [5.74, 6) is -0.174. The van der Waals surface area contributed by atoms with Crippen molar-refractivity contribution >= 4 is 11.6 Å². The Hall–Kier alpha value is -2.10. The summed E-state index contributed by atoms with van der Waals surface area (Å²) in [5.41, 5.74) is 4.48. The summed E-state index contributed by atoms with van der Waals surface area (Å²) in [6.45, 7) is 5.94. The maximum absolute atomic E-state index is 12.1. The second-order valence-electron chi connectivity index (χ2n) is 4.50. The van der Waals surface area contributed by atoms with E-state index in [0.717, 1.165) is 22.5 Å². The quantitative estimate of drug-likeness (QED) is 0.881. The molecule has 1 amide bonds. The number of benzene rings is 1. The van der Waals surface area contributed by atoms with E-state index < -0.39 is 0 Å². The van der Waals surface area contributed by atoms with Crippen LogP contribution < -0.4 is 5.32 Å². The van der Waals surface area contributed by atoms with Gasteiger partial charge < -0.3 is 5.32 Å². The van der Waals surface area contributed by atoms with Crippen LogP contribution in [0.15, 0.2) is 24.3 Å². The van der Waals surface area contributed by atoms with E-state index in [4.69, 9.17) is 0 Å². The zero-order valence-corrected chi connectivity index (χ0v) is 11.1. The molecule has 1 aromatic carbocycles. The van der Waals surface area contributed by atoms with E-state index in [-0.39, 0.29) is 5.91 Å². The minimum absolute atomic E-state index is 0.174. The van der Waals surface area contributed by atoms with Gasteiger partial charge in [0.05, 0.1) is 0 Å². The lowest BCUT2D eigenvalue weighted by molar-refractivity contribution is 0.102. The molecule has 0 spiro atoms. The van der Waals surface area contributed by atoms with Gasteiger partial charge in [-0.3, -0.25) is 9.48 Å². The molecule has 94 valence electrons. The summed E-state index contributed by atoms with van der Waals surface area (Å²) in [6.07, 6.45) is 0. The highest BCUT2D eigenvalue weighted by molar-refractivity contribution is 6.03. The molecule has 0 atom stereocenters. The summed E-state index contributed by atoms with van der Waals surface area (Å²) in [5, 5.41) is 7.06. The van der Waals surface area contributed by atoms with Crippen molar-refractivity contribution in [3.05, 3.63) is 46.8 Å². The van der Waals surface area contributed by atoms with E-state index in [2.05, 4.69) is 10.4 Å². The van der Waals surface area contributed by atoms with Gasteiger partial charge in [0.25, 0.3) is 5.91 Å². The molecule has 1 aromatic heterocycles. The van der Waals surface area contributed by atoms with E-state index in [1.807, 2.05) is 46.0 Å². The van der Waals surface area contributed by atoms with Crippen molar-refractivity contribution in [2.75, 3.05) is 5.32 Å². The Morgan fingerprint density at radius 2 is 2.00 bits per heavy atom. The topological polar surface area (TPSA) is 46.9 Å². The first kappa shape index (κ1) is 12.4. The molecule has 0 unspecified atom stereocenters. The first-order valence-electron chi connectivity index (χ1n) is 5.87. The second kappa shape index (κ2) is 4.64. The molecule has 4 nitrogen and oxygen atoms in total. The Morgan fingerprint density at radius 1 is 1.28 bits per heavy atom. The molecule has 0 saturated carbocycles. The summed E-state index contributed by atoms with van der Waals surface area (Å²) >= 11 is 0. The highest BCUT2D eigenvalue weighted by Crippen LogP contribution is 2.18. The Morgan fingerprint density at radius 3 is 2.61 bits per heavy atom. The zero-order chi connectivity index (χ0) is 13.3. The molecule has 0 aliphatic carbocycles. The number of anilines is 1. The van der Waals surface area contributed by atoms with Crippen LogP contribution in [0.1, 0.15) is 27.3 Å². The van der Waals surface area contributed by atoms with Gasteiger partial charge in [-0.05, 0) is 44.0 Å². The molecule has 0 fully saturated rings. The number of aryl methyl sites for hydroxylation is 3. The molecule has 0 radical (unpaired) electrons. The molecule has 0 bridgehead atoms. The number of carbonyl (C=O) groups is 1. The molecule has 1 heterocycles. The van der Waals surface area contributed by atoms with Gasteiger partial charge in [0, 0.05) is 18.4 Å². The summed E-state index contributed by atoms with van der Waals surface area (Å²) in [6, 6.07) is 7.63. The summed E-state index contributed by atoms with van der Waals surface area (Å²) < 4.78 is 1.69. The lowest BCUT2D eigenvalue weighted by atomic mass is 10.1. The van der Waals surface area contributed by atoms with E-state index in [1.165, 1.54) is 0 Å². The first-order valence-corrected chi connectivity index (χ1v) is 5.87. The Balaban J connectivity index is 2.24. The van der Waals surface area contributed by atoms with Crippen molar-refractivity contribution in [1.82, 2.24) is 9.78 Å². The molecular formula is C14H17N3O. The van der Waals surface area contributed by atoms with Crippen LogP contribution in [0.2, 0.25) is 0 Å².